The average Bonchev–Trinajstić information content (AvgIpc) is 3.55. The molecule has 0 amide bonds. The predicted octanol–water partition coefficient (Wildman–Crippen LogP) is 6.86. The Morgan fingerprint density at radius 3 is 1.57 bits per heavy atom. The zero-order valence-corrected chi connectivity index (χ0v) is 23.3. The second-order valence-electron chi connectivity index (χ2n) is 11.3. The minimum Gasteiger partial charge on any atom is -0.370 e. The van der Waals surface area contributed by atoms with Gasteiger partial charge >= 0.3 is 0 Å². The molecule has 4 nitrogen and oxygen atoms in total. The standard InChI is InChI=1S/C32H41O4.V/c1-3-7-25(8-4-1)27-15-11-23(12-16-27)19-33-29-21-35-32-30(22-36-31(29)32)34-20-24-13-17-28(18-14-24)26-9-5-2-6-10-26;/h1,11-18,25-26,29-32H,2-10,19-22H2;/q-1;/t29?,30?,31-,32-;/m1./s1. The Balaban J connectivity index is 0.00000280. The van der Waals surface area contributed by atoms with Gasteiger partial charge in [-0.3, -0.25) is 0 Å². The molecule has 5 heteroatoms. The van der Waals surface area contributed by atoms with E-state index < -0.39 is 0 Å². The maximum atomic E-state index is 6.26. The van der Waals surface area contributed by atoms with Crippen LogP contribution in [0.25, 0.3) is 0 Å². The topological polar surface area (TPSA) is 36.9 Å². The number of benzene rings is 2. The third-order valence-corrected chi connectivity index (χ3v) is 8.84. The maximum absolute atomic E-state index is 6.26. The molecular formula is C32H41O4V-. The van der Waals surface area contributed by atoms with Crippen molar-refractivity contribution in [2.24, 2.45) is 0 Å². The summed E-state index contributed by atoms with van der Waals surface area (Å²) in [5.41, 5.74) is 5.40. The summed E-state index contributed by atoms with van der Waals surface area (Å²) in [5, 5.41) is 0. The molecule has 2 aliphatic heterocycles. The summed E-state index contributed by atoms with van der Waals surface area (Å²) in [7, 11) is 0. The van der Waals surface area contributed by atoms with Gasteiger partial charge in [-0.2, -0.15) is 12.8 Å². The molecular weight excluding hydrogens is 499 g/mol. The van der Waals surface area contributed by atoms with Gasteiger partial charge in [-0.05, 0) is 46.9 Å². The Kier molecular flexibility index (Phi) is 9.85. The van der Waals surface area contributed by atoms with Crippen LogP contribution in [0.5, 0.6) is 0 Å². The molecule has 0 bridgehead atoms. The zero-order chi connectivity index (χ0) is 24.2. The van der Waals surface area contributed by atoms with E-state index in [1.807, 2.05) is 0 Å². The summed E-state index contributed by atoms with van der Waals surface area (Å²) < 4.78 is 24.7. The molecule has 0 spiro atoms. The van der Waals surface area contributed by atoms with Crippen LogP contribution in [0.15, 0.2) is 48.5 Å². The van der Waals surface area contributed by atoms with E-state index in [0.29, 0.717) is 32.3 Å². The normalized spacial score (nSPS) is 28.6. The van der Waals surface area contributed by atoms with Crippen LogP contribution >= 0.6 is 0 Å². The van der Waals surface area contributed by atoms with E-state index in [-0.39, 0.29) is 43.0 Å². The number of hydrogen-bond donors (Lipinski definition) is 0. The molecule has 2 aliphatic carbocycles. The third kappa shape index (κ3) is 6.72. The van der Waals surface area contributed by atoms with Gasteiger partial charge in [0.25, 0.3) is 0 Å². The van der Waals surface area contributed by atoms with E-state index in [1.165, 1.54) is 80.0 Å². The minimum absolute atomic E-state index is 0. The van der Waals surface area contributed by atoms with E-state index in [1.54, 1.807) is 0 Å². The van der Waals surface area contributed by atoms with E-state index >= 15 is 0 Å². The predicted molar refractivity (Wildman–Crippen MR) is 141 cm³/mol. The van der Waals surface area contributed by atoms with Gasteiger partial charge in [-0.25, -0.2) is 0 Å². The van der Waals surface area contributed by atoms with Gasteiger partial charge in [0, 0.05) is 18.6 Å². The van der Waals surface area contributed by atoms with Crippen LogP contribution < -0.4 is 0 Å². The first-order valence-electron chi connectivity index (χ1n) is 14.3. The molecule has 2 aromatic carbocycles. The van der Waals surface area contributed by atoms with Crippen LogP contribution in [0, 0.1) is 6.42 Å². The van der Waals surface area contributed by atoms with Crippen molar-refractivity contribution < 1.29 is 37.5 Å². The molecule has 199 valence electrons. The van der Waals surface area contributed by atoms with Crippen LogP contribution in [-0.4, -0.2) is 37.6 Å². The number of fused-ring (bicyclic) bond motifs is 1. The molecule has 2 saturated carbocycles. The summed E-state index contributed by atoms with van der Waals surface area (Å²) in [4.78, 5) is 0. The molecule has 4 aliphatic rings. The molecule has 2 unspecified atom stereocenters. The first-order chi connectivity index (χ1) is 17.8. The zero-order valence-electron chi connectivity index (χ0n) is 21.9. The van der Waals surface area contributed by atoms with Crippen molar-refractivity contribution in [1.29, 1.82) is 0 Å². The monoisotopic (exact) mass is 540 g/mol. The summed E-state index contributed by atoms with van der Waals surface area (Å²) in [6.07, 6.45) is 14.1. The van der Waals surface area contributed by atoms with Gasteiger partial charge in [-0.1, -0.05) is 80.6 Å². The smallest absolute Gasteiger partial charge is 0.115 e. The number of rotatable bonds is 8. The SMILES string of the molecule is [V].c1cc(C2CC[CH-]CC2)ccc1COC1CO[C@@H]2C(OCc3ccc(C4CCCCC4)cc3)CO[C@H]12. The van der Waals surface area contributed by atoms with Gasteiger partial charge < -0.3 is 25.4 Å². The van der Waals surface area contributed by atoms with Crippen LogP contribution in [0.1, 0.15) is 91.9 Å². The van der Waals surface area contributed by atoms with Crippen molar-refractivity contribution >= 4 is 0 Å². The van der Waals surface area contributed by atoms with Crippen LogP contribution in [0.4, 0.5) is 0 Å². The quantitative estimate of drug-likeness (QED) is 0.343. The Bertz CT molecular complexity index is 870. The fourth-order valence-electron chi connectivity index (χ4n) is 6.59. The van der Waals surface area contributed by atoms with Crippen molar-refractivity contribution in [2.45, 2.75) is 107 Å². The van der Waals surface area contributed by atoms with Crippen molar-refractivity contribution in [2.75, 3.05) is 13.2 Å². The van der Waals surface area contributed by atoms with Gasteiger partial charge in [0.05, 0.1) is 26.4 Å². The third-order valence-electron chi connectivity index (χ3n) is 8.84. The molecule has 0 N–H and O–H groups in total. The summed E-state index contributed by atoms with van der Waals surface area (Å²) in [5.74, 6) is 1.46. The van der Waals surface area contributed by atoms with Crippen LogP contribution in [0.2, 0.25) is 0 Å². The first kappa shape index (κ1) is 27.4. The fraction of sp³-hybridized carbons (Fsp3) is 0.594. The number of hydrogen-bond acceptors (Lipinski definition) is 4. The van der Waals surface area contributed by atoms with Crippen LogP contribution in [0.3, 0.4) is 0 Å². The van der Waals surface area contributed by atoms with Crippen molar-refractivity contribution in [3.05, 3.63) is 77.2 Å². The molecule has 4 fully saturated rings. The summed E-state index contributed by atoms with van der Waals surface area (Å²) in [6, 6.07) is 18.1. The fourth-order valence-corrected chi connectivity index (χ4v) is 6.59. The molecule has 6 rings (SSSR count). The molecule has 4 atom stereocenters. The second kappa shape index (κ2) is 13.3. The Morgan fingerprint density at radius 2 is 1.08 bits per heavy atom. The summed E-state index contributed by atoms with van der Waals surface area (Å²) >= 11 is 0. The first-order valence-corrected chi connectivity index (χ1v) is 14.3. The van der Waals surface area contributed by atoms with E-state index in [4.69, 9.17) is 18.9 Å². The largest absolute Gasteiger partial charge is 0.370 e. The van der Waals surface area contributed by atoms with Gasteiger partial charge in [0.2, 0.25) is 0 Å². The van der Waals surface area contributed by atoms with E-state index in [0.717, 1.165) is 5.92 Å². The van der Waals surface area contributed by atoms with Gasteiger partial charge in [0.15, 0.2) is 0 Å². The molecule has 2 heterocycles. The maximum Gasteiger partial charge on any atom is 0.115 e. The second-order valence-corrected chi connectivity index (χ2v) is 11.3. The van der Waals surface area contributed by atoms with E-state index in [9.17, 15) is 0 Å². The van der Waals surface area contributed by atoms with Gasteiger partial charge in [0.1, 0.15) is 24.4 Å². The Hall–Kier alpha value is -1.14. The molecule has 2 saturated heterocycles. The molecule has 0 aromatic heterocycles. The number of ether oxygens (including phenoxy) is 4. The molecule has 1 radical (unpaired) electrons. The van der Waals surface area contributed by atoms with Gasteiger partial charge in [-0.15, -0.1) is 0 Å². The van der Waals surface area contributed by atoms with Crippen molar-refractivity contribution in [3.8, 4) is 0 Å². The Labute approximate surface area is 234 Å². The van der Waals surface area contributed by atoms with Crippen LogP contribution in [-0.2, 0) is 50.7 Å². The van der Waals surface area contributed by atoms with Crippen molar-refractivity contribution in [3.63, 3.8) is 0 Å². The average molecular weight is 541 g/mol. The Morgan fingerprint density at radius 1 is 0.622 bits per heavy atom. The summed E-state index contributed by atoms with van der Waals surface area (Å²) in [6.45, 7) is 2.34. The van der Waals surface area contributed by atoms with Crippen molar-refractivity contribution in [1.82, 2.24) is 0 Å². The molecule has 37 heavy (non-hydrogen) atoms. The minimum atomic E-state index is -0.0403. The molecule has 2 aromatic rings. The van der Waals surface area contributed by atoms with E-state index in [2.05, 4.69) is 55.0 Å².